The number of ether oxygens (including phenoxy) is 2. The van der Waals surface area contributed by atoms with Gasteiger partial charge in [0.1, 0.15) is 13.2 Å². The molecule has 2 aromatic rings. The van der Waals surface area contributed by atoms with E-state index in [1.807, 2.05) is 18.2 Å². The molecule has 1 aromatic carbocycles. The number of hydrogen-bond acceptors (Lipinski definition) is 6. The topological polar surface area (TPSA) is 77.7 Å². The number of rotatable bonds is 3. The first kappa shape index (κ1) is 13.8. The van der Waals surface area contributed by atoms with Crippen LogP contribution in [-0.2, 0) is 4.79 Å². The molecule has 7 nitrogen and oxygen atoms in total. The van der Waals surface area contributed by atoms with Gasteiger partial charge in [0.15, 0.2) is 17.3 Å². The fourth-order valence-electron chi connectivity index (χ4n) is 3.24. The van der Waals surface area contributed by atoms with Crippen LogP contribution in [0.1, 0.15) is 42.8 Å². The number of carbonyl (C=O) groups excluding carboxylic acids is 1. The first-order valence-corrected chi connectivity index (χ1v) is 8.31. The molecule has 1 amide bonds. The molecule has 5 rings (SSSR count). The van der Waals surface area contributed by atoms with Crippen LogP contribution in [-0.4, -0.2) is 35.8 Å². The van der Waals surface area contributed by atoms with E-state index in [9.17, 15) is 4.79 Å². The normalized spacial score (nSPS) is 22.9. The fourth-order valence-corrected chi connectivity index (χ4v) is 3.24. The van der Waals surface area contributed by atoms with E-state index in [-0.39, 0.29) is 11.8 Å². The number of aromatic nitrogens is 2. The highest BCUT2D eigenvalue weighted by Gasteiger charge is 2.37. The molecule has 1 aromatic heterocycles. The highest BCUT2D eigenvalue weighted by atomic mass is 16.6. The monoisotopic (exact) mass is 327 g/mol. The molecule has 1 saturated heterocycles. The second-order valence-electron chi connectivity index (χ2n) is 6.50. The van der Waals surface area contributed by atoms with Crippen molar-refractivity contribution in [2.24, 2.45) is 0 Å². The largest absolute Gasteiger partial charge is 0.486 e. The maximum Gasteiger partial charge on any atom is 0.232 e. The van der Waals surface area contributed by atoms with E-state index in [0.29, 0.717) is 43.7 Å². The Hall–Kier alpha value is -2.57. The van der Waals surface area contributed by atoms with Crippen molar-refractivity contribution in [2.45, 2.75) is 31.1 Å². The first-order valence-electron chi connectivity index (χ1n) is 8.31. The molecule has 124 valence electrons. The standard InChI is InChI=1S/C17H17N3O4/c21-15-7-11(17-18-16(19-24-17)10-1-2-10)9-20(15)12-3-4-13-14(8-12)23-6-5-22-13/h3-4,8,10-11H,1-2,5-7,9H2/t11-/m0/s1. The van der Waals surface area contributed by atoms with Crippen molar-refractivity contribution in [1.82, 2.24) is 10.1 Å². The quantitative estimate of drug-likeness (QED) is 0.860. The zero-order valence-corrected chi connectivity index (χ0v) is 13.1. The summed E-state index contributed by atoms with van der Waals surface area (Å²) in [4.78, 5) is 18.7. The van der Waals surface area contributed by atoms with Crippen molar-refractivity contribution in [3.05, 3.63) is 29.9 Å². The lowest BCUT2D eigenvalue weighted by Gasteiger charge is -2.22. The van der Waals surface area contributed by atoms with Crippen molar-refractivity contribution in [3.8, 4) is 11.5 Å². The number of benzene rings is 1. The van der Waals surface area contributed by atoms with Gasteiger partial charge in [0.05, 0.1) is 5.92 Å². The van der Waals surface area contributed by atoms with Crippen LogP contribution in [0.5, 0.6) is 11.5 Å². The third-order valence-corrected chi connectivity index (χ3v) is 4.71. The van der Waals surface area contributed by atoms with Gasteiger partial charge in [-0.05, 0) is 25.0 Å². The van der Waals surface area contributed by atoms with Gasteiger partial charge in [-0.25, -0.2) is 0 Å². The van der Waals surface area contributed by atoms with E-state index in [4.69, 9.17) is 14.0 Å². The van der Waals surface area contributed by atoms with Gasteiger partial charge in [0.2, 0.25) is 11.8 Å². The zero-order valence-electron chi connectivity index (χ0n) is 13.1. The molecule has 2 fully saturated rings. The second kappa shape index (κ2) is 5.22. The average Bonchev–Trinajstić information content (AvgIpc) is 3.21. The molecular weight excluding hydrogens is 310 g/mol. The van der Waals surface area contributed by atoms with Crippen LogP contribution in [0.15, 0.2) is 22.7 Å². The summed E-state index contributed by atoms with van der Waals surface area (Å²) in [6.07, 6.45) is 2.65. The summed E-state index contributed by atoms with van der Waals surface area (Å²) >= 11 is 0. The van der Waals surface area contributed by atoms with Gasteiger partial charge in [-0.1, -0.05) is 5.16 Å². The van der Waals surface area contributed by atoms with Gasteiger partial charge in [-0.2, -0.15) is 4.98 Å². The van der Waals surface area contributed by atoms with Crippen LogP contribution in [0.25, 0.3) is 0 Å². The van der Waals surface area contributed by atoms with Gasteiger partial charge in [0, 0.05) is 30.6 Å². The van der Waals surface area contributed by atoms with Gasteiger partial charge < -0.3 is 18.9 Å². The number of hydrogen-bond donors (Lipinski definition) is 0. The first-order chi connectivity index (χ1) is 11.8. The van der Waals surface area contributed by atoms with E-state index in [1.165, 1.54) is 0 Å². The number of fused-ring (bicyclic) bond motifs is 1. The second-order valence-corrected chi connectivity index (χ2v) is 6.50. The summed E-state index contributed by atoms with van der Waals surface area (Å²) < 4.78 is 16.5. The van der Waals surface area contributed by atoms with Crippen LogP contribution in [0.3, 0.4) is 0 Å². The average molecular weight is 327 g/mol. The summed E-state index contributed by atoms with van der Waals surface area (Å²) in [6, 6.07) is 5.60. The van der Waals surface area contributed by atoms with Crippen molar-refractivity contribution < 1.29 is 18.8 Å². The van der Waals surface area contributed by atoms with Gasteiger partial charge in [-0.3, -0.25) is 4.79 Å². The molecule has 2 aliphatic heterocycles. The molecule has 0 spiro atoms. The molecule has 3 heterocycles. The molecule has 3 aliphatic rings. The minimum atomic E-state index is -0.0503. The fraction of sp³-hybridized carbons (Fsp3) is 0.471. The maximum atomic E-state index is 12.4. The number of amides is 1. The predicted octanol–water partition coefficient (Wildman–Crippen LogP) is 2.24. The van der Waals surface area contributed by atoms with E-state index >= 15 is 0 Å². The zero-order chi connectivity index (χ0) is 16.1. The Morgan fingerprint density at radius 3 is 2.75 bits per heavy atom. The van der Waals surface area contributed by atoms with E-state index < -0.39 is 0 Å². The van der Waals surface area contributed by atoms with Crippen molar-refractivity contribution in [3.63, 3.8) is 0 Å². The smallest absolute Gasteiger partial charge is 0.232 e. The summed E-state index contributed by atoms with van der Waals surface area (Å²) in [7, 11) is 0. The third-order valence-electron chi connectivity index (χ3n) is 4.71. The van der Waals surface area contributed by atoms with Gasteiger partial charge in [0.25, 0.3) is 0 Å². The number of nitrogens with zero attached hydrogens (tertiary/aromatic N) is 3. The summed E-state index contributed by atoms with van der Waals surface area (Å²) in [6.45, 7) is 1.63. The van der Waals surface area contributed by atoms with Gasteiger partial charge in [-0.15, -0.1) is 0 Å². The lowest BCUT2D eigenvalue weighted by atomic mass is 10.1. The summed E-state index contributed by atoms with van der Waals surface area (Å²) in [5, 5.41) is 4.05. The van der Waals surface area contributed by atoms with Crippen LogP contribution < -0.4 is 14.4 Å². The van der Waals surface area contributed by atoms with Crippen LogP contribution >= 0.6 is 0 Å². The SMILES string of the molecule is O=C1C[C@H](c2nc(C3CC3)no2)CN1c1ccc2c(c1)OCCO2. The molecule has 0 unspecified atom stereocenters. The van der Waals surface area contributed by atoms with Crippen molar-refractivity contribution in [2.75, 3.05) is 24.7 Å². The van der Waals surface area contributed by atoms with Crippen molar-refractivity contribution in [1.29, 1.82) is 0 Å². The van der Waals surface area contributed by atoms with Crippen LogP contribution in [0.4, 0.5) is 5.69 Å². The van der Waals surface area contributed by atoms with E-state index in [0.717, 1.165) is 30.1 Å². The molecule has 7 heteroatoms. The van der Waals surface area contributed by atoms with Crippen LogP contribution in [0, 0.1) is 0 Å². The van der Waals surface area contributed by atoms with E-state index in [2.05, 4.69) is 10.1 Å². The third kappa shape index (κ3) is 2.31. The highest BCUT2D eigenvalue weighted by molar-refractivity contribution is 5.96. The minimum Gasteiger partial charge on any atom is -0.486 e. The molecule has 1 saturated carbocycles. The minimum absolute atomic E-state index is 0.0503. The molecule has 0 N–H and O–H groups in total. The molecule has 0 bridgehead atoms. The molecular formula is C17H17N3O4. The van der Waals surface area contributed by atoms with Crippen LogP contribution in [0.2, 0.25) is 0 Å². The molecule has 24 heavy (non-hydrogen) atoms. The van der Waals surface area contributed by atoms with Crippen molar-refractivity contribution >= 4 is 11.6 Å². The number of carbonyl (C=O) groups is 1. The Balaban J connectivity index is 1.37. The molecule has 1 aliphatic carbocycles. The Bertz CT molecular complexity index is 799. The summed E-state index contributed by atoms with van der Waals surface area (Å²) in [5.41, 5.74) is 0.814. The Labute approximate surface area is 138 Å². The maximum absolute atomic E-state index is 12.4. The lowest BCUT2D eigenvalue weighted by Crippen LogP contribution is -2.24. The highest BCUT2D eigenvalue weighted by Crippen LogP contribution is 2.40. The predicted molar refractivity (Wildman–Crippen MR) is 83.4 cm³/mol. The van der Waals surface area contributed by atoms with E-state index in [1.54, 1.807) is 4.90 Å². The molecule has 0 radical (unpaired) electrons. The Morgan fingerprint density at radius 2 is 1.92 bits per heavy atom. The Morgan fingerprint density at radius 1 is 1.08 bits per heavy atom. The lowest BCUT2D eigenvalue weighted by molar-refractivity contribution is -0.117. The number of anilines is 1. The molecule has 1 atom stereocenters. The van der Waals surface area contributed by atoms with Gasteiger partial charge >= 0.3 is 0 Å². The Kier molecular flexibility index (Phi) is 3.01. The summed E-state index contributed by atoms with van der Waals surface area (Å²) in [5.74, 6) is 3.23.